The van der Waals surface area contributed by atoms with Crippen molar-refractivity contribution in [2.45, 2.75) is 45.6 Å². The van der Waals surface area contributed by atoms with Gasteiger partial charge in [0, 0.05) is 24.0 Å². The van der Waals surface area contributed by atoms with Gasteiger partial charge < -0.3 is 10.0 Å². The second-order valence-corrected chi connectivity index (χ2v) is 4.89. The zero-order valence-corrected chi connectivity index (χ0v) is 10.9. The van der Waals surface area contributed by atoms with Gasteiger partial charge in [-0.3, -0.25) is 4.79 Å². The maximum Gasteiger partial charge on any atom is 0.305 e. The maximum atomic E-state index is 10.9. The van der Waals surface area contributed by atoms with Crippen molar-refractivity contribution in [3.8, 4) is 0 Å². The van der Waals surface area contributed by atoms with Gasteiger partial charge in [0.2, 0.25) is 5.95 Å². The summed E-state index contributed by atoms with van der Waals surface area (Å²) in [4.78, 5) is 21.8. The van der Waals surface area contributed by atoms with E-state index in [9.17, 15) is 4.79 Å². The summed E-state index contributed by atoms with van der Waals surface area (Å²) in [6, 6.07) is 1.96. The molecule has 0 spiro atoms. The molecular formula is C13H19N3O2. The Balaban J connectivity index is 2.24. The quantitative estimate of drug-likeness (QED) is 0.886. The lowest BCUT2D eigenvalue weighted by Crippen LogP contribution is -2.42. The first kappa shape index (κ1) is 12.8. The third-order valence-corrected chi connectivity index (χ3v) is 3.26. The SMILES string of the molecule is Cc1cc(C)nc(N2CCCCC2CC(=O)O)n1. The standard InChI is InChI=1S/C13H19N3O2/c1-9-7-10(2)15-13(14-9)16-6-4-3-5-11(16)8-12(17)18/h7,11H,3-6,8H2,1-2H3,(H,17,18). The van der Waals surface area contributed by atoms with Crippen molar-refractivity contribution >= 4 is 11.9 Å². The van der Waals surface area contributed by atoms with Crippen LogP contribution in [0, 0.1) is 13.8 Å². The summed E-state index contributed by atoms with van der Waals surface area (Å²) in [5.41, 5.74) is 1.86. The summed E-state index contributed by atoms with van der Waals surface area (Å²) < 4.78 is 0. The van der Waals surface area contributed by atoms with Crippen LogP contribution in [0.25, 0.3) is 0 Å². The summed E-state index contributed by atoms with van der Waals surface area (Å²) in [6.07, 6.45) is 3.23. The van der Waals surface area contributed by atoms with Crippen LogP contribution >= 0.6 is 0 Å². The van der Waals surface area contributed by atoms with E-state index in [4.69, 9.17) is 5.11 Å². The average Bonchev–Trinajstić information content (AvgIpc) is 2.27. The van der Waals surface area contributed by atoms with Crippen molar-refractivity contribution in [1.82, 2.24) is 9.97 Å². The minimum Gasteiger partial charge on any atom is -0.481 e. The van der Waals surface area contributed by atoms with Gasteiger partial charge in [-0.25, -0.2) is 9.97 Å². The predicted molar refractivity (Wildman–Crippen MR) is 68.7 cm³/mol. The highest BCUT2D eigenvalue weighted by molar-refractivity contribution is 5.68. The lowest BCUT2D eigenvalue weighted by atomic mass is 10.00. The molecule has 0 saturated carbocycles. The van der Waals surface area contributed by atoms with Crippen LogP contribution < -0.4 is 4.90 Å². The molecule has 18 heavy (non-hydrogen) atoms. The van der Waals surface area contributed by atoms with Gasteiger partial charge in [-0.15, -0.1) is 0 Å². The highest BCUT2D eigenvalue weighted by atomic mass is 16.4. The number of aromatic nitrogens is 2. The molecule has 0 bridgehead atoms. The summed E-state index contributed by atoms with van der Waals surface area (Å²) in [5, 5.41) is 8.97. The van der Waals surface area contributed by atoms with E-state index < -0.39 is 5.97 Å². The molecular weight excluding hydrogens is 230 g/mol. The Morgan fingerprint density at radius 2 is 2.06 bits per heavy atom. The maximum absolute atomic E-state index is 10.9. The third-order valence-electron chi connectivity index (χ3n) is 3.26. The normalized spacial score (nSPS) is 19.9. The van der Waals surface area contributed by atoms with Crippen LogP contribution in [0.15, 0.2) is 6.07 Å². The molecule has 2 rings (SSSR count). The topological polar surface area (TPSA) is 66.3 Å². The van der Waals surface area contributed by atoms with E-state index in [0.717, 1.165) is 37.2 Å². The molecule has 0 amide bonds. The first-order valence-corrected chi connectivity index (χ1v) is 6.37. The number of rotatable bonds is 3. The molecule has 1 aliphatic rings. The van der Waals surface area contributed by atoms with Crippen molar-refractivity contribution in [2.24, 2.45) is 0 Å². The molecule has 1 aromatic heterocycles. The summed E-state index contributed by atoms with van der Waals surface area (Å²) in [5.74, 6) is -0.0743. The molecule has 1 unspecified atom stereocenters. The second-order valence-electron chi connectivity index (χ2n) is 4.89. The number of hydrogen-bond donors (Lipinski definition) is 1. The lowest BCUT2D eigenvalue weighted by Gasteiger charge is -2.35. The van der Waals surface area contributed by atoms with Gasteiger partial charge in [0.1, 0.15) is 0 Å². The Morgan fingerprint density at radius 1 is 1.39 bits per heavy atom. The minimum atomic E-state index is -0.753. The highest BCUT2D eigenvalue weighted by Crippen LogP contribution is 2.24. The monoisotopic (exact) mass is 249 g/mol. The number of piperidine rings is 1. The van der Waals surface area contributed by atoms with Crippen LogP contribution in [0.4, 0.5) is 5.95 Å². The summed E-state index contributed by atoms with van der Waals surface area (Å²) in [7, 11) is 0. The molecule has 1 aromatic rings. The third kappa shape index (κ3) is 2.97. The first-order valence-electron chi connectivity index (χ1n) is 6.37. The van der Waals surface area contributed by atoms with Gasteiger partial charge in [0.15, 0.2) is 0 Å². The van der Waals surface area contributed by atoms with E-state index in [0.29, 0.717) is 5.95 Å². The van der Waals surface area contributed by atoms with E-state index in [1.54, 1.807) is 0 Å². The highest BCUT2D eigenvalue weighted by Gasteiger charge is 2.26. The Bertz CT molecular complexity index is 428. The molecule has 5 nitrogen and oxygen atoms in total. The Hall–Kier alpha value is -1.65. The number of carbonyl (C=O) groups is 1. The molecule has 1 atom stereocenters. The van der Waals surface area contributed by atoms with Crippen LogP contribution in [0.1, 0.15) is 37.1 Å². The number of aryl methyl sites for hydroxylation is 2. The lowest BCUT2D eigenvalue weighted by molar-refractivity contribution is -0.137. The molecule has 0 radical (unpaired) electrons. The van der Waals surface area contributed by atoms with Gasteiger partial charge in [0.05, 0.1) is 6.42 Å². The molecule has 1 N–H and O–H groups in total. The van der Waals surface area contributed by atoms with Crippen LogP contribution in [-0.4, -0.2) is 33.6 Å². The predicted octanol–water partition coefficient (Wildman–Crippen LogP) is 1.93. The zero-order valence-electron chi connectivity index (χ0n) is 10.9. The average molecular weight is 249 g/mol. The van der Waals surface area contributed by atoms with Crippen molar-refractivity contribution in [3.05, 3.63) is 17.5 Å². The van der Waals surface area contributed by atoms with Crippen molar-refractivity contribution < 1.29 is 9.90 Å². The van der Waals surface area contributed by atoms with Crippen LogP contribution in [0.3, 0.4) is 0 Å². The number of anilines is 1. The Labute approximate surface area is 107 Å². The summed E-state index contributed by atoms with van der Waals surface area (Å²) >= 11 is 0. The molecule has 1 fully saturated rings. The van der Waals surface area contributed by atoms with Crippen molar-refractivity contribution in [1.29, 1.82) is 0 Å². The van der Waals surface area contributed by atoms with E-state index in [-0.39, 0.29) is 12.5 Å². The molecule has 1 saturated heterocycles. The van der Waals surface area contributed by atoms with Crippen molar-refractivity contribution in [2.75, 3.05) is 11.4 Å². The van der Waals surface area contributed by atoms with Crippen LogP contribution in [0.2, 0.25) is 0 Å². The van der Waals surface area contributed by atoms with Crippen molar-refractivity contribution in [3.63, 3.8) is 0 Å². The first-order chi connectivity index (χ1) is 8.56. The van der Waals surface area contributed by atoms with E-state index in [1.165, 1.54) is 0 Å². The van der Waals surface area contributed by atoms with Gasteiger partial charge in [0.25, 0.3) is 0 Å². The van der Waals surface area contributed by atoms with E-state index in [1.807, 2.05) is 19.9 Å². The van der Waals surface area contributed by atoms with Gasteiger partial charge in [-0.05, 0) is 39.2 Å². The van der Waals surface area contributed by atoms with E-state index >= 15 is 0 Å². The minimum absolute atomic E-state index is 0.0254. The number of carboxylic acids is 1. The Kier molecular flexibility index (Phi) is 3.79. The molecule has 2 heterocycles. The number of nitrogens with zero attached hydrogens (tertiary/aromatic N) is 3. The Morgan fingerprint density at radius 3 is 2.67 bits per heavy atom. The number of hydrogen-bond acceptors (Lipinski definition) is 4. The number of carboxylic acid groups (broad SMARTS) is 1. The van der Waals surface area contributed by atoms with Crippen LogP contribution in [0.5, 0.6) is 0 Å². The molecule has 0 aliphatic carbocycles. The molecule has 5 heteroatoms. The second kappa shape index (κ2) is 5.33. The zero-order chi connectivity index (χ0) is 13.1. The molecule has 98 valence electrons. The number of aliphatic carboxylic acids is 1. The van der Waals surface area contributed by atoms with Gasteiger partial charge >= 0.3 is 5.97 Å². The summed E-state index contributed by atoms with van der Waals surface area (Å²) in [6.45, 7) is 4.73. The van der Waals surface area contributed by atoms with Crippen LogP contribution in [-0.2, 0) is 4.79 Å². The van der Waals surface area contributed by atoms with E-state index in [2.05, 4.69) is 14.9 Å². The fourth-order valence-corrected chi connectivity index (χ4v) is 2.51. The molecule has 0 aromatic carbocycles. The fraction of sp³-hybridized carbons (Fsp3) is 0.615. The van der Waals surface area contributed by atoms with Gasteiger partial charge in [-0.2, -0.15) is 0 Å². The van der Waals surface area contributed by atoms with Gasteiger partial charge in [-0.1, -0.05) is 0 Å². The smallest absolute Gasteiger partial charge is 0.305 e. The molecule has 1 aliphatic heterocycles. The fourth-order valence-electron chi connectivity index (χ4n) is 2.51. The largest absolute Gasteiger partial charge is 0.481 e.